The maximum atomic E-state index is 13.2. The highest BCUT2D eigenvalue weighted by atomic mass is 127. The lowest BCUT2D eigenvalue weighted by Crippen LogP contribution is -2.46. The van der Waals surface area contributed by atoms with Gasteiger partial charge in [-0.05, 0) is 40.8 Å². The molecule has 0 amide bonds. The van der Waals surface area contributed by atoms with Gasteiger partial charge >= 0.3 is 12.1 Å². The third-order valence-electron chi connectivity index (χ3n) is 2.06. The summed E-state index contributed by atoms with van der Waals surface area (Å²) in [6, 6.07) is 0.124. The van der Waals surface area contributed by atoms with Gasteiger partial charge in [0.1, 0.15) is 11.9 Å². The fourth-order valence-corrected chi connectivity index (χ4v) is 1.64. The average molecular weight is 369 g/mol. The van der Waals surface area contributed by atoms with Gasteiger partial charge in [0.05, 0.1) is 0 Å². The zero-order chi connectivity index (χ0) is 13.4. The Morgan fingerprint density at radius 3 is 2.12 bits per heavy atom. The van der Waals surface area contributed by atoms with Crippen LogP contribution in [-0.4, -0.2) is 12.1 Å². The van der Waals surface area contributed by atoms with Crippen molar-refractivity contribution in [2.45, 2.75) is 18.1 Å². The summed E-state index contributed by atoms with van der Waals surface area (Å²) in [5.41, 5.74) is 3.95. The molecule has 0 spiro atoms. The highest BCUT2D eigenvalue weighted by Gasteiger charge is 2.62. The first-order chi connectivity index (χ1) is 7.57. The van der Waals surface area contributed by atoms with Crippen molar-refractivity contribution in [2.24, 2.45) is 5.73 Å². The van der Waals surface area contributed by atoms with Gasteiger partial charge in [-0.1, -0.05) is 0 Å². The number of rotatable bonds is 2. The second-order valence-electron chi connectivity index (χ2n) is 3.26. The van der Waals surface area contributed by atoms with Crippen molar-refractivity contribution < 1.29 is 26.3 Å². The lowest BCUT2D eigenvalue weighted by Gasteiger charge is -2.26. The van der Waals surface area contributed by atoms with Crippen LogP contribution in [0.5, 0.6) is 0 Å². The van der Waals surface area contributed by atoms with E-state index in [0.717, 1.165) is 12.1 Å². The Kier molecular flexibility index (Phi) is 3.97. The van der Waals surface area contributed by atoms with E-state index in [4.69, 9.17) is 5.73 Å². The third kappa shape index (κ3) is 2.84. The first kappa shape index (κ1) is 14.6. The Labute approximate surface area is 106 Å². The van der Waals surface area contributed by atoms with E-state index in [1.54, 1.807) is 22.6 Å². The molecule has 1 aromatic rings. The van der Waals surface area contributed by atoms with Gasteiger partial charge in [-0.3, -0.25) is 0 Å². The maximum Gasteiger partial charge on any atom is 0.455 e. The first-order valence-electron chi connectivity index (χ1n) is 4.22. The molecule has 0 unspecified atom stereocenters. The fraction of sp³-hybridized carbons (Fsp3) is 0.333. The van der Waals surface area contributed by atoms with E-state index in [9.17, 15) is 26.3 Å². The quantitative estimate of drug-likeness (QED) is 0.626. The van der Waals surface area contributed by atoms with E-state index >= 15 is 0 Å². The molecular formula is C9H6F6IN. The van der Waals surface area contributed by atoms with Gasteiger partial charge in [0.15, 0.2) is 0 Å². The van der Waals surface area contributed by atoms with Gasteiger partial charge in [0.2, 0.25) is 0 Å². The summed E-state index contributed by atoms with van der Waals surface area (Å²) in [5.74, 6) is -6.38. The number of hydrogen-bond donors (Lipinski definition) is 1. The molecule has 1 aromatic carbocycles. The SMILES string of the molecule is N[C@H](c1cc(I)ccc1F)C(F)(F)C(F)(F)F. The number of hydrogen-bond acceptors (Lipinski definition) is 1. The molecule has 2 N–H and O–H groups in total. The molecule has 0 aliphatic carbocycles. The summed E-state index contributed by atoms with van der Waals surface area (Å²) >= 11 is 1.66. The molecule has 0 aliphatic rings. The van der Waals surface area contributed by atoms with Gasteiger partial charge in [0, 0.05) is 9.13 Å². The van der Waals surface area contributed by atoms with Crippen LogP contribution in [0.2, 0.25) is 0 Å². The normalized spacial score (nSPS) is 14.8. The molecule has 1 atom stereocenters. The van der Waals surface area contributed by atoms with E-state index < -0.39 is 29.5 Å². The van der Waals surface area contributed by atoms with Crippen molar-refractivity contribution in [1.29, 1.82) is 0 Å². The summed E-state index contributed by atoms with van der Waals surface area (Å²) < 4.78 is 75.4. The third-order valence-corrected chi connectivity index (χ3v) is 2.73. The standard InChI is InChI=1S/C9H6F6IN/c10-6-2-1-4(16)3-5(6)7(17)8(11,12)9(13,14)15/h1-3,7H,17H2/t7-/m1/s1. The molecule has 0 saturated carbocycles. The van der Waals surface area contributed by atoms with E-state index in [2.05, 4.69) is 0 Å². The second-order valence-corrected chi connectivity index (χ2v) is 4.51. The van der Waals surface area contributed by atoms with Crippen LogP contribution in [0.15, 0.2) is 18.2 Å². The van der Waals surface area contributed by atoms with Crippen molar-refractivity contribution >= 4 is 22.6 Å². The molecule has 1 rings (SSSR count). The molecular weight excluding hydrogens is 363 g/mol. The van der Waals surface area contributed by atoms with Crippen molar-refractivity contribution in [2.75, 3.05) is 0 Å². The molecule has 0 aliphatic heterocycles. The van der Waals surface area contributed by atoms with Gasteiger partial charge < -0.3 is 5.73 Å². The zero-order valence-electron chi connectivity index (χ0n) is 8.03. The largest absolute Gasteiger partial charge is 0.455 e. The lowest BCUT2D eigenvalue weighted by atomic mass is 10.0. The van der Waals surface area contributed by atoms with Gasteiger partial charge in [-0.15, -0.1) is 0 Å². The number of benzene rings is 1. The highest BCUT2D eigenvalue weighted by molar-refractivity contribution is 14.1. The van der Waals surface area contributed by atoms with Crippen LogP contribution in [0.3, 0.4) is 0 Å². The van der Waals surface area contributed by atoms with Crippen LogP contribution in [0.25, 0.3) is 0 Å². The number of nitrogens with two attached hydrogens (primary N) is 1. The first-order valence-corrected chi connectivity index (χ1v) is 5.30. The van der Waals surface area contributed by atoms with Crippen LogP contribution in [0, 0.1) is 9.39 Å². The predicted molar refractivity (Wildman–Crippen MR) is 57.0 cm³/mol. The molecule has 96 valence electrons. The van der Waals surface area contributed by atoms with E-state index in [1.165, 1.54) is 6.07 Å². The van der Waals surface area contributed by atoms with Gasteiger partial charge in [-0.25, -0.2) is 4.39 Å². The Morgan fingerprint density at radius 1 is 1.12 bits per heavy atom. The average Bonchev–Trinajstić information content (AvgIpc) is 2.19. The molecule has 0 bridgehead atoms. The molecule has 0 fully saturated rings. The minimum atomic E-state index is -5.82. The second kappa shape index (κ2) is 4.63. The number of halogens is 7. The monoisotopic (exact) mass is 369 g/mol. The predicted octanol–water partition coefficient (Wildman–Crippen LogP) is 3.63. The van der Waals surface area contributed by atoms with Crippen molar-refractivity contribution in [3.05, 3.63) is 33.1 Å². The van der Waals surface area contributed by atoms with Crippen molar-refractivity contribution in [1.82, 2.24) is 0 Å². The molecule has 8 heteroatoms. The van der Waals surface area contributed by atoms with Crippen LogP contribution in [0.1, 0.15) is 11.6 Å². The summed E-state index contributed by atoms with van der Waals surface area (Å²) in [7, 11) is 0. The van der Waals surface area contributed by atoms with Gasteiger partial charge in [-0.2, -0.15) is 22.0 Å². The van der Waals surface area contributed by atoms with Crippen molar-refractivity contribution in [3.8, 4) is 0 Å². The maximum absolute atomic E-state index is 13.2. The molecule has 0 radical (unpaired) electrons. The summed E-state index contributed by atoms with van der Waals surface area (Å²) in [6.07, 6.45) is -5.82. The van der Waals surface area contributed by atoms with Crippen LogP contribution < -0.4 is 5.73 Å². The molecule has 0 heterocycles. The zero-order valence-corrected chi connectivity index (χ0v) is 10.2. The Bertz CT molecular complexity index is 416. The van der Waals surface area contributed by atoms with E-state index in [-0.39, 0.29) is 0 Å². The minimum absolute atomic E-state index is 0.312. The molecule has 1 nitrogen and oxygen atoms in total. The highest BCUT2D eigenvalue weighted by Crippen LogP contribution is 2.43. The topological polar surface area (TPSA) is 26.0 Å². The van der Waals surface area contributed by atoms with Crippen LogP contribution >= 0.6 is 22.6 Å². The lowest BCUT2D eigenvalue weighted by molar-refractivity contribution is -0.291. The smallest absolute Gasteiger partial charge is 0.319 e. The summed E-state index contributed by atoms with van der Waals surface area (Å²) in [5, 5.41) is 0. The summed E-state index contributed by atoms with van der Waals surface area (Å²) in [6.45, 7) is 0. The molecule has 0 aromatic heterocycles. The van der Waals surface area contributed by atoms with E-state index in [1.807, 2.05) is 0 Å². The van der Waals surface area contributed by atoms with Gasteiger partial charge in [0.25, 0.3) is 0 Å². The fourth-order valence-electron chi connectivity index (χ4n) is 1.12. The summed E-state index contributed by atoms with van der Waals surface area (Å²) in [4.78, 5) is 0. The van der Waals surface area contributed by atoms with Crippen LogP contribution in [0.4, 0.5) is 26.3 Å². The van der Waals surface area contributed by atoms with Crippen molar-refractivity contribution in [3.63, 3.8) is 0 Å². The molecule has 17 heavy (non-hydrogen) atoms. The number of alkyl halides is 5. The Morgan fingerprint density at radius 2 is 1.65 bits per heavy atom. The van der Waals surface area contributed by atoms with E-state index in [0.29, 0.717) is 3.57 Å². The Hall–Kier alpha value is -0.510. The van der Waals surface area contributed by atoms with Crippen LogP contribution in [-0.2, 0) is 0 Å². The molecule has 0 saturated heterocycles. The minimum Gasteiger partial charge on any atom is -0.319 e. The Balaban J connectivity index is 3.21.